The lowest BCUT2D eigenvalue weighted by molar-refractivity contribution is -0.154. The molecule has 0 aliphatic rings. The van der Waals surface area contributed by atoms with Crippen LogP contribution in [0.25, 0.3) is 0 Å². The van der Waals surface area contributed by atoms with Crippen LogP contribution in [-0.4, -0.2) is 42.0 Å². The minimum absolute atomic E-state index is 0.0608. The first-order valence-corrected chi connectivity index (χ1v) is 11.5. The fraction of sp³-hybridized carbons (Fsp3) is 0.462. The van der Waals surface area contributed by atoms with Gasteiger partial charge in [-0.05, 0) is 37.8 Å². The monoisotopic (exact) mass is 471 g/mol. The molecule has 34 heavy (non-hydrogen) atoms. The van der Waals surface area contributed by atoms with Crippen molar-refractivity contribution in [2.75, 3.05) is 7.11 Å². The van der Waals surface area contributed by atoms with Crippen LogP contribution >= 0.6 is 0 Å². The van der Waals surface area contributed by atoms with E-state index in [0.29, 0.717) is 5.75 Å². The molecular formula is C26H33NO7. The van der Waals surface area contributed by atoms with Gasteiger partial charge in [0.25, 0.3) is 0 Å². The Morgan fingerprint density at radius 2 is 1.68 bits per heavy atom. The van der Waals surface area contributed by atoms with Gasteiger partial charge in [-0.3, -0.25) is 14.4 Å². The van der Waals surface area contributed by atoms with Gasteiger partial charge < -0.3 is 18.9 Å². The number of aromatic nitrogens is 1. The second-order valence-electron chi connectivity index (χ2n) is 7.87. The summed E-state index contributed by atoms with van der Waals surface area (Å²) in [5, 5.41) is 0. The Hall–Kier alpha value is -3.42. The van der Waals surface area contributed by atoms with Crippen molar-refractivity contribution in [1.29, 1.82) is 0 Å². The highest BCUT2D eigenvalue weighted by molar-refractivity contribution is 5.99. The molecule has 0 N–H and O–H groups in total. The maximum Gasteiger partial charge on any atom is 0.308 e. The quantitative estimate of drug-likeness (QED) is 0.303. The summed E-state index contributed by atoms with van der Waals surface area (Å²) < 4.78 is 22.1. The summed E-state index contributed by atoms with van der Waals surface area (Å²) in [4.78, 5) is 40.8. The zero-order valence-electron chi connectivity index (χ0n) is 20.4. The molecule has 8 heteroatoms. The average molecular weight is 472 g/mol. The minimum Gasteiger partial charge on any atom is -0.493 e. The molecule has 1 heterocycles. The van der Waals surface area contributed by atoms with E-state index in [-0.39, 0.29) is 42.1 Å². The number of pyridine rings is 1. The Balaban J connectivity index is 2.05. The van der Waals surface area contributed by atoms with Gasteiger partial charge in [-0.25, -0.2) is 4.98 Å². The SMILES string of the molecule is CCC(CC)[C@@H](Oc1ccccc1)[C@H](C)OC(=O)CCC(=O)c1nccc(OC)c1OC(C)=O. The van der Waals surface area contributed by atoms with Gasteiger partial charge in [-0.1, -0.05) is 32.0 Å². The van der Waals surface area contributed by atoms with E-state index in [2.05, 4.69) is 18.8 Å². The molecule has 1 aromatic heterocycles. The van der Waals surface area contributed by atoms with Crippen LogP contribution in [0, 0.1) is 5.92 Å². The van der Waals surface area contributed by atoms with Crippen molar-refractivity contribution in [3.63, 3.8) is 0 Å². The predicted octanol–water partition coefficient (Wildman–Crippen LogP) is 4.79. The van der Waals surface area contributed by atoms with Crippen molar-refractivity contribution in [2.45, 2.75) is 65.6 Å². The number of ether oxygens (including phenoxy) is 4. The smallest absolute Gasteiger partial charge is 0.308 e. The van der Waals surface area contributed by atoms with Crippen molar-refractivity contribution in [2.24, 2.45) is 5.92 Å². The molecule has 0 fully saturated rings. The number of nitrogens with zero attached hydrogens (tertiary/aromatic N) is 1. The third-order valence-corrected chi connectivity index (χ3v) is 5.46. The lowest BCUT2D eigenvalue weighted by atomic mass is 9.93. The van der Waals surface area contributed by atoms with Crippen LogP contribution in [0.1, 0.15) is 63.9 Å². The minimum atomic E-state index is -0.612. The Bertz CT molecular complexity index is 957. The maximum absolute atomic E-state index is 12.7. The van der Waals surface area contributed by atoms with Crippen LogP contribution < -0.4 is 14.2 Å². The van der Waals surface area contributed by atoms with Crippen LogP contribution in [0.5, 0.6) is 17.2 Å². The van der Waals surface area contributed by atoms with Gasteiger partial charge in [-0.15, -0.1) is 0 Å². The summed E-state index contributed by atoms with van der Waals surface area (Å²) in [7, 11) is 1.39. The van der Waals surface area contributed by atoms with Gasteiger partial charge in [-0.2, -0.15) is 0 Å². The third-order valence-electron chi connectivity index (χ3n) is 5.46. The highest BCUT2D eigenvalue weighted by Crippen LogP contribution is 2.31. The largest absolute Gasteiger partial charge is 0.493 e. The number of para-hydroxylation sites is 1. The molecule has 0 aliphatic heterocycles. The molecule has 0 radical (unpaired) electrons. The number of ketones is 1. The molecule has 0 saturated carbocycles. The van der Waals surface area contributed by atoms with E-state index in [9.17, 15) is 14.4 Å². The number of methoxy groups -OCH3 is 1. The summed E-state index contributed by atoms with van der Waals surface area (Å²) in [5.74, 6) is -0.553. The van der Waals surface area contributed by atoms with E-state index in [1.165, 1.54) is 26.3 Å². The van der Waals surface area contributed by atoms with Crippen LogP contribution in [0.15, 0.2) is 42.6 Å². The van der Waals surface area contributed by atoms with Crippen molar-refractivity contribution in [3.8, 4) is 17.2 Å². The highest BCUT2D eigenvalue weighted by atomic mass is 16.6. The average Bonchev–Trinajstić information content (AvgIpc) is 2.83. The van der Waals surface area contributed by atoms with Crippen molar-refractivity contribution < 1.29 is 33.3 Å². The molecule has 0 spiro atoms. The van der Waals surface area contributed by atoms with Gasteiger partial charge in [0.1, 0.15) is 18.0 Å². The first-order chi connectivity index (χ1) is 16.3. The molecule has 0 saturated heterocycles. The van der Waals surface area contributed by atoms with Crippen molar-refractivity contribution in [1.82, 2.24) is 4.98 Å². The summed E-state index contributed by atoms with van der Waals surface area (Å²) in [6, 6.07) is 10.9. The molecule has 2 aromatic rings. The van der Waals surface area contributed by atoms with Crippen molar-refractivity contribution >= 4 is 17.7 Å². The number of rotatable bonds is 13. The van der Waals surface area contributed by atoms with E-state index < -0.39 is 23.8 Å². The number of benzene rings is 1. The summed E-state index contributed by atoms with van der Waals surface area (Å²) in [5.41, 5.74) is -0.0716. The van der Waals surface area contributed by atoms with Gasteiger partial charge in [0.05, 0.1) is 13.5 Å². The van der Waals surface area contributed by atoms with E-state index in [0.717, 1.165) is 12.8 Å². The Morgan fingerprint density at radius 1 is 1.00 bits per heavy atom. The lowest BCUT2D eigenvalue weighted by Gasteiger charge is -2.31. The van der Waals surface area contributed by atoms with Gasteiger partial charge >= 0.3 is 11.9 Å². The van der Waals surface area contributed by atoms with Crippen molar-refractivity contribution in [3.05, 3.63) is 48.3 Å². The third kappa shape index (κ3) is 7.57. The molecule has 2 atom stereocenters. The lowest BCUT2D eigenvalue weighted by Crippen LogP contribution is -2.39. The molecule has 8 nitrogen and oxygen atoms in total. The van der Waals surface area contributed by atoms with Crippen LogP contribution in [-0.2, 0) is 14.3 Å². The topological polar surface area (TPSA) is 101 Å². The number of hydrogen-bond donors (Lipinski definition) is 0. The Morgan fingerprint density at radius 3 is 2.26 bits per heavy atom. The van der Waals surface area contributed by atoms with Crippen LogP contribution in [0.2, 0.25) is 0 Å². The normalized spacial score (nSPS) is 12.5. The zero-order valence-corrected chi connectivity index (χ0v) is 20.4. The van der Waals surface area contributed by atoms with Gasteiger partial charge in [0.2, 0.25) is 5.75 Å². The fourth-order valence-electron chi connectivity index (χ4n) is 3.68. The predicted molar refractivity (Wildman–Crippen MR) is 126 cm³/mol. The van der Waals surface area contributed by atoms with Crippen LogP contribution in [0.4, 0.5) is 0 Å². The van der Waals surface area contributed by atoms with Crippen LogP contribution in [0.3, 0.4) is 0 Å². The Labute approximate surface area is 200 Å². The van der Waals surface area contributed by atoms with E-state index in [4.69, 9.17) is 18.9 Å². The first-order valence-electron chi connectivity index (χ1n) is 11.5. The number of hydrogen-bond acceptors (Lipinski definition) is 8. The molecule has 0 amide bonds. The maximum atomic E-state index is 12.7. The molecule has 184 valence electrons. The zero-order chi connectivity index (χ0) is 25.1. The molecule has 0 bridgehead atoms. The fourth-order valence-corrected chi connectivity index (χ4v) is 3.68. The molecule has 2 rings (SSSR count). The highest BCUT2D eigenvalue weighted by Gasteiger charge is 2.30. The summed E-state index contributed by atoms with van der Waals surface area (Å²) >= 11 is 0. The number of Topliss-reactive ketones (excluding diaryl/α,β-unsaturated/α-hetero) is 1. The summed E-state index contributed by atoms with van der Waals surface area (Å²) in [6.07, 6.45) is 1.97. The number of carbonyl (C=O) groups is 3. The van der Waals surface area contributed by atoms with E-state index in [1.54, 1.807) is 6.92 Å². The molecule has 0 unspecified atom stereocenters. The second kappa shape index (κ2) is 13.3. The van der Waals surface area contributed by atoms with E-state index >= 15 is 0 Å². The Kier molecular flexibility index (Phi) is 10.5. The number of esters is 2. The second-order valence-corrected chi connectivity index (χ2v) is 7.87. The summed E-state index contributed by atoms with van der Waals surface area (Å²) in [6.45, 7) is 7.16. The molecule has 0 aliphatic carbocycles. The van der Waals surface area contributed by atoms with Gasteiger partial charge in [0.15, 0.2) is 17.2 Å². The number of carbonyl (C=O) groups excluding carboxylic acids is 3. The molecule has 1 aromatic carbocycles. The molecular weight excluding hydrogens is 438 g/mol. The first kappa shape index (κ1) is 26.8. The van der Waals surface area contributed by atoms with Gasteiger partial charge in [0, 0.05) is 25.6 Å². The standard InChI is InChI=1S/C26H33NO7/c1-6-19(7-2)25(34-20-11-9-8-10-12-20)17(3)32-23(30)14-13-21(29)24-26(33-18(4)28)22(31-5)15-16-27-24/h8-12,15-17,19,25H,6-7,13-14H2,1-5H3/t17-,25-/m0/s1. The van der Waals surface area contributed by atoms with E-state index in [1.807, 2.05) is 30.3 Å².